The molecule has 6 amide bonds. The summed E-state index contributed by atoms with van der Waals surface area (Å²) in [6.45, 7) is 8.07. The van der Waals surface area contributed by atoms with Crippen molar-refractivity contribution in [2.45, 2.75) is 95.0 Å². The fraction of sp³-hybridized carbons (Fsp3) is 0.592. The van der Waals surface area contributed by atoms with Crippen LogP contribution < -0.4 is 31.5 Å². The van der Waals surface area contributed by atoms with Crippen LogP contribution in [0.2, 0.25) is 0 Å². The minimum atomic E-state index is -2.74. The summed E-state index contributed by atoms with van der Waals surface area (Å²) in [4.78, 5) is 75.0. The summed E-state index contributed by atoms with van der Waals surface area (Å²) in [5.41, 5.74) is 4.84. The Morgan fingerprint density at radius 3 is 2.35 bits per heavy atom. The van der Waals surface area contributed by atoms with Crippen LogP contribution in [-0.4, -0.2) is 172 Å². The minimum Gasteiger partial charge on any atom is -0.624 e. The maximum atomic E-state index is 14.9. The van der Waals surface area contributed by atoms with Crippen LogP contribution in [0, 0.1) is 10.6 Å². The van der Waals surface area contributed by atoms with Gasteiger partial charge in [0.25, 0.3) is 12.3 Å². The van der Waals surface area contributed by atoms with E-state index in [4.69, 9.17) is 5.41 Å². The summed E-state index contributed by atoms with van der Waals surface area (Å²) in [5, 5.41) is 37.5. The molecule has 0 radical (unpaired) electrons. The van der Waals surface area contributed by atoms with Crippen molar-refractivity contribution in [3.63, 3.8) is 0 Å². The molecule has 0 aromatic heterocycles. The number of alkyl halides is 2. The summed E-state index contributed by atoms with van der Waals surface area (Å²) in [5.74, 6) is -1.70. The van der Waals surface area contributed by atoms with Gasteiger partial charge in [-0.1, -0.05) is 24.3 Å². The maximum absolute atomic E-state index is 14.9. The number of urea groups is 1. The number of hydrogen-bond donors (Lipinski definition) is 6. The van der Waals surface area contributed by atoms with E-state index < -0.39 is 46.4 Å². The average molecular weight is 959 g/mol. The first-order valence-electron chi connectivity index (χ1n) is 24.4. The van der Waals surface area contributed by atoms with Gasteiger partial charge in [0.15, 0.2) is 6.04 Å². The Kier molecular flexibility index (Phi) is 15.2. The third kappa shape index (κ3) is 10.1. The van der Waals surface area contributed by atoms with Crippen molar-refractivity contribution >= 4 is 41.6 Å². The molecule has 0 aliphatic carbocycles. The van der Waals surface area contributed by atoms with Crippen LogP contribution in [0.4, 0.5) is 19.3 Å². The molecule has 4 atom stereocenters. The molecule has 0 saturated carbocycles. The molecule has 4 unspecified atom stereocenters. The Hall–Kier alpha value is -5.38. The van der Waals surface area contributed by atoms with E-state index in [0.29, 0.717) is 108 Å². The molecule has 3 saturated heterocycles. The van der Waals surface area contributed by atoms with Crippen molar-refractivity contribution < 1.29 is 37.4 Å². The Labute approximate surface area is 402 Å². The molecule has 2 aromatic rings. The number of halogens is 2. The molecular weight excluding hydrogens is 891 g/mol. The van der Waals surface area contributed by atoms with Crippen molar-refractivity contribution in [2.75, 3.05) is 98.0 Å². The molecule has 6 N–H and O–H groups in total. The second-order valence-corrected chi connectivity index (χ2v) is 19.7. The minimum absolute atomic E-state index is 0.0250. The van der Waals surface area contributed by atoms with E-state index in [1.165, 1.54) is 6.21 Å². The number of carbonyl (C=O) groups is 5. The number of quaternary nitrogens is 1. The third-order valence-corrected chi connectivity index (χ3v) is 15.3. The van der Waals surface area contributed by atoms with Gasteiger partial charge in [0.1, 0.15) is 12.7 Å². The highest BCUT2D eigenvalue weighted by molar-refractivity contribution is 6.02. The predicted molar refractivity (Wildman–Crippen MR) is 256 cm³/mol. The number of likely N-dealkylation sites (N-methyl/N-ethyl adjacent to an activating group) is 2. The maximum Gasteiger partial charge on any atom is 0.347 e. The summed E-state index contributed by atoms with van der Waals surface area (Å²) in [7, 11) is 5.22. The van der Waals surface area contributed by atoms with Gasteiger partial charge >= 0.3 is 11.9 Å². The van der Waals surface area contributed by atoms with Crippen LogP contribution in [0.3, 0.4) is 0 Å². The fourth-order valence-electron chi connectivity index (χ4n) is 11.5. The zero-order valence-electron chi connectivity index (χ0n) is 40.3. The lowest BCUT2D eigenvalue weighted by Crippen LogP contribution is -2.60. The van der Waals surface area contributed by atoms with Gasteiger partial charge in [0.2, 0.25) is 11.8 Å². The molecule has 6 aliphatic heterocycles. The Balaban J connectivity index is 0.887. The number of piperazine rings is 1. The van der Waals surface area contributed by atoms with E-state index >= 15 is 0 Å². The van der Waals surface area contributed by atoms with Crippen molar-refractivity contribution in [1.29, 1.82) is 5.41 Å². The van der Waals surface area contributed by atoms with Crippen molar-refractivity contribution in [3.8, 4) is 0 Å². The first-order valence-corrected chi connectivity index (χ1v) is 24.4. The van der Waals surface area contributed by atoms with Crippen LogP contribution in [-0.2, 0) is 39.3 Å². The topological polar surface area (TPSA) is 209 Å². The number of nitrogens with zero attached hydrogens (tertiary/aromatic N) is 6. The molecule has 0 bridgehead atoms. The van der Waals surface area contributed by atoms with E-state index in [0.717, 1.165) is 47.3 Å². The van der Waals surface area contributed by atoms with Crippen molar-refractivity contribution in [3.05, 3.63) is 80.2 Å². The number of amides is 6. The molecular formula is C49H68F2N12O6. The van der Waals surface area contributed by atoms with Crippen LogP contribution in [0.15, 0.2) is 41.6 Å². The number of fused-ring (bicyclic) bond motifs is 2. The first-order chi connectivity index (χ1) is 33.1. The van der Waals surface area contributed by atoms with Gasteiger partial charge in [-0.2, -0.15) is 0 Å². The highest BCUT2D eigenvalue weighted by Crippen LogP contribution is 2.41. The molecule has 3 fully saturated rings. The van der Waals surface area contributed by atoms with Gasteiger partial charge in [-0.25, -0.2) is 18.4 Å². The molecule has 2 aromatic carbocycles. The quantitative estimate of drug-likeness (QED) is 0.0660. The summed E-state index contributed by atoms with van der Waals surface area (Å²) in [6.07, 6.45) is 1.74. The summed E-state index contributed by atoms with van der Waals surface area (Å²) < 4.78 is 28.5. The molecule has 69 heavy (non-hydrogen) atoms. The highest BCUT2D eigenvalue weighted by atomic mass is 19.3. The number of hydrogen-bond acceptors (Lipinski definition) is 13. The summed E-state index contributed by atoms with van der Waals surface area (Å²) in [6, 6.07) is 7.67. The van der Waals surface area contributed by atoms with E-state index in [9.17, 15) is 38.0 Å². The Bertz CT molecular complexity index is 2350. The molecule has 20 heteroatoms. The number of carbonyl (C=O) groups excluding carboxylic acids is 5. The lowest BCUT2D eigenvalue weighted by atomic mass is 9.78. The van der Waals surface area contributed by atoms with Crippen LogP contribution in [0.1, 0.15) is 90.0 Å². The zero-order valence-corrected chi connectivity index (χ0v) is 40.3. The molecule has 18 nitrogen and oxygen atoms in total. The van der Waals surface area contributed by atoms with E-state index in [1.54, 1.807) is 31.1 Å². The SMILES string of the molecule is CNCC(C)(C=N)c1cc2c(cc1C(F)F)N(C(NC)C1=C(NC3CCN(C(=O)CN4CCN(Cc5cccc6c5C(=O)[N+]([O-])(C5CCC(=O)NC5=O)C6)CC4)CC3)CCN(C(=O)NC)C1)CCC2. The molecule has 6 aliphatic rings. The zero-order chi connectivity index (χ0) is 49.2. The second-order valence-electron chi connectivity index (χ2n) is 19.7. The molecule has 6 heterocycles. The van der Waals surface area contributed by atoms with E-state index in [1.807, 2.05) is 37.1 Å². The lowest BCUT2D eigenvalue weighted by molar-refractivity contribution is -0.825. The molecule has 8 rings (SSSR count). The number of benzene rings is 2. The van der Waals surface area contributed by atoms with Gasteiger partial charge in [-0.3, -0.25) is 39.5 Å². The normalized spacial score (nSPS) is 24.2. The third-order valence-electron chi connectivity index (χ3n) is 15.3. The second kappa shape index (κ2) is 20.9. The number of imide groups is 1. The Morgan fingerprint density at radius 2 is 1.68 bits per heavy atom. The van der Waals surface area contributed by atoms with Crippen LogP contribution in [0.5, 0.6) is 0 Å². The number of rotatable bonds is 15. The van der Waals surface area contributed by atoms with Crippen LogP contribution in [0.25, 0.3) is 0 Å². The number of aryl methyl sites for hydroxylation is 1. The smallest absolute Gasteiger partial charge is 0.347 e. The van der Waals surface area contributed by atoms with Crippen molar-refractivity contribution in [1.82, 2.24) is 46.2 Å². The molecule has 0 spiro atoms. The monoisotopic (exact) mass is 959 g/mol. The van der Waals surface area contributed by atoms with Gasteiger partial charge in [-0.15, -0.1) is 0 Å². The first kappa shape index (κ1) is 50.0. The largest absolute Gasteiger partial charge is 0.624 e. The number of likely N-dealkylation sites (tertiary alicyclic amines) is 1. The van der Waals surface area contributed by atoms with Gasteiger partial charge in [0, 0.05) is 144 Å². The van der Waals surface area contributed by atoms with E-state index in [-0.39, 0.29) is 42.9 Å². The lowest BCUT2D eigenvalue weighted by Gasteiger charge is -2.44. The highest BCUT2D eigenvalue weighted by Gasteiger charge is 2.50. The number of piperidine rings is 2. The number of nitrogens with one attached hydrogen (secondary N) is 6. The number of anilines is 1. The Morgan fingerprint density at radius 1 is 0.942 bits per heavy atom. The van der Waals surface area contributed by atoms with Gasteiger partial charge in [0.05, 0.1) is 12.1 Å². The number of hydroxylamine groups is 3. The summed E-state index contributed by atoms with van der Waals surface area (Å²) >= 11 is 0. The van der Waals surface area contributed by atoms with Crippen LogP contribution >= 0.6 is 0 Å². The fourth-order valence-corrected chi connectivity index (χ4v) is 11.5. The van der Waals surface area contributed by atoms with E-state index in [2.05, 4.69) is 41.3 Å². The van der Waals surface area contributed by atoms with Crippen molar-refractivity contribution in [2.24, 2.45) is 0 Å². The molecule has 374 valence electrons. The predicted octanol–water partition coefficient (Wildman–Crippen LogP) is 2.52. The van der Waals surface area contributed by atoms with Gasteiger partial charge < -0.3 is 41.3 Å². The van der Waals surface area contributed by atoms with Gasteiger partial charge in [-0.05, 0) is 69.5 Å². The average Bonchev–Trinajstić information content (AvgIpc) is 3.61. The standard InChI is InChI=1S/C49H68F2N12O6/c1-49(29-52,30-53-2)37-23-31-9-6-15-62(39(31)24-35(37)44(50)51)45(54-3)36-26-61(48(68)55-4)18-14-38(36)56-34-12-16-60(17-13-34)42(65)27-59-21-19-58(20-22-59)25-32-7-5-8-33-28-63(69,47(67)43(32)33)40-10-11-41(64)57-46(40)66/h5,7-8,23-24,29,34,40,44-45,52-54,56H,6,9-22,25-28,30H2,1-4H3,(H,55,68)(H,57,64,66).